The molecule has 0 spiro atoms. The fraction of sp³-hybridized carbons (Fsp3) is 0.0455. The standard InChI is InChI=1S/C22H16ClFN4O/c1-14-4-2-7-18(12-14)25-22(29)20-26-21(15-5-3-6-16(23)13-15)28(27-20)19-10-8-17(24)9-11-19/h2-13H,1H3,(H,25,29). The van der Waals surface area contributed by atoms with Crippen molar-refractivity contribution in [3.8, 4) is 17.1 Å². The maximum atomic E-state index is 13.4. The van der Waals surface area contributed by atoms with Crippen LogP contribution in [0.5, 0.6) is 0 Å². The topological polar surface area (TPSA) is 59.8 Å². The van der Waals surface area contributed by atoms with Crippen LogP contribution >= 0.6 is 11.6 Å². The molecule has 144 valence electrons. The molecule has 0 radical (unpaired) electrons. The van der Waals surface area contributed by atoms with E-state index in [9.17, 15) is 9.18 Å². The van der Waals surface area contributed by atoms with Crippen LogP contribution < -0.4 is 5.32 Å². The first-order valence-electron chi connectivity index (χ1n) is 8.86. The zero-order valence-electron chi connectivity index (χ0n) is 15.4. The Morgan fingerprint density at radius 2 is 1.79 bits per heavy atom. The molecule has 0 fully saturated rings. The summed E-state index contributed by atoms with van der Waals surface area (Å²) in [6, 6.07) is 20.3. The van der Waals surface area contributed by atoms with Crippen molar-refractivity contribution < 1.29 is 9.18 Å². The predicted molar refractivity (Wildman–Crippen MR) is 111 cm³/mol. The summed E-state index contributed by atoms with van der Waals surface area (Å²) in [5, 5.41) is 7.69. The number of carbonyl (C=O) groups is 1. The van der Waals surface area contributed by atoms with E-state index in [0.29, 0.717) is 27.8 Å². The number of halogens is 2. The molecule has 0 aliphatic carbocycles. The van der Waals surface area contributed by atoms with Gasteiger partial charge in [-0.15, -0.1) is 5.10 Å². The van der Waals surface area contributed by atoms with E-state index >= 15 is 0 Å². The average Bonchev–Trinajstić information content (AvgIpc) is 3.14. The number of aryl methyl sites for hydroxylation is 1. The number of nitrogens with one attached hydrogen (secondary N) is 1. The number of aromatic nitrogens is 3. The molecule has 0 aliphatic heterocycles. The van der Waals surface area contributed by atoms with Crippen LogP contribution in [0.25, 0.3) is 17.1 Å². The molecular weight excluding hydrogens is 391 g/mol. The Hall–Kier alpha value is -3.51. The summed E-state index contributed by atoms with van der Waals surface area (Å²) >= 11 is 6.12. The van der Waals surface area contributed by atoms with Gasteiger partial charge in [0.15, 0.2) is 5.82 Å². The molecule has 29 heavy (non-hydrogen) atoms. The van der Waals surface area contributed by atoms with Gasteiger partial charge in [-0.1, -0.05) is 35.9 Å². The van der Waals surface area contributed by atoms with Gasteiger partial charge in [-0.25, -0.2) is 14.1 Å². The third kappa shape index (κ3) is 4.17. The van der Waals surface area contributed by atoms with E-state index in [4.69, 9.17) is 11.6 Å². The normalized spacial score (nSPS) is 10.7. The van der Waals surface area contributed by atoms with Gasteiger partial charge in [-0.2, -0.15) is 0 Å². The van der Waals surface area contributed by atoms with Gasteiger partial charge in [0.25, 0.3) is 5.91 Å². The fourth-order valence-corrected chi connectivity index (χ4v) is 3.09. The van der Waals surface area contributed by atoms with E-state index in [1.807, 2.05) is 31.2 Å². The van der Waals surface area contributed by atoms with Crippen molar-refractivity contribution in [2.45, 2.75) is 6.92 Å². The molecular formula is C22H16ClFN4O. The molecule has 0 saturated heterocycles. The SMILES string of the molecule is Cc1cccc(NC(=O)c2nc(-c3cccc(Cl)c3)n(-c3ccc(F)cc3)n2)c1. The lowest BCUT2D eigenvalue weighted by Gasteiger charge is -2.06. The Morgan fingerprint density at radius 3 is 2.52 bits per heavy atom. The molecule has 1 amide bonds. The van der Waals surface area contributed by atoms with Crippen LogP contribution in [-0.2, 0) is 0 Å². The molecule has 1 N–H and O–H groups in total. The van der Waals surface area contributed by atoms with Crippen molar-refractivity contribution in [1.29, 1.82) is 0 Å². The van der Waals surface area contributed by atoms with Crippen molar-refractivity contribution in [3.05, 3.63) is 95.0 Å². The summed E-state index contributed by atoms with van der Waals surface area (Å²) < 4.78 is 14.9. The van der Waals surface area contributed by atoms with Gasteiger partial charge in [-0.3, -0.25) is 4.79 Å². The molecule has 0 saturated carbocycles. The Kier molecular flexibility index (Phi) is 5.10. The molecule has 4 aromatic rings. The van der Waals surface area contributed by atoms with E-state index in [1.54, 1.807) is 36.4 Å². The minimum atomic E-state index is -0.445. The molecule has 5 nitrogen and oxygen atoms in total. The second kappa shape index (κ2) is 7.85. The molecule has 4 rings (SSSR count). The van der Waals surface area contributed by atoms with Gasteiger partial charge in [0.2, 0.25) is 5.82 Å². The Balaban J connectivity index is 1.76. The van der Waals surface area contributed by atoms with Crippen LogP contribution in [0, 0.1) is 12.7 Å². The van der Waals surface area contributed by atoms with Gasteiger partial charge >= 0.3 is 0 Å². The monoisotopic (exact) mass is 406 g/mol. The van der Waals surface area contributed by atoms with Crippen molar-refractivity contribution in [2.24, 2.45) is 0 Å². The first-order chi connectivity index (χ1) is 14.0. The molecule has 1 heterocycles. The summed E-state index contributed by atoms with van der Waals surface area (Å²) in [7, 11) is 0. The second-order valence-electron chi connectivity index (χ2n) is 6.48. The van der Waals surface area contributed by atoms with Crippen molar-refractivity contribution in [3.63, 3.8) is 0 Å². The number of nitrogens with zero attached hydrogens (tertiary/aromatic N) is 3. The van der Waals surface area contributed by atoms with E-state index in [2.05, 4.69) is 15.4 Å². The van der Waals surface area contributed by atoms with E-state index in [-0.39, 0.29) is 11.6 Å². The van der Waals surface area contributed by atoms with Crippen LogP contribution in [0.3, 0.4) is 0 Å². The number of benzene rings is 3. The number of carbonyl (C=O) groups excluding carboxylic acids is 1. The van der Waals surface area contributed by atoms with Crippen molar-refractivity contribution >= 4 is 23.2 Å². The third-order valence-corrected chi connectivity index (χ3v) is 4.48. The number of rotatable bonds is 4. The van der Waals surface area contributed by atoms with E-state index in [0.717, 1.165) is 5.56 Å². The summed E-state index contributed by atoms with van der Waals surface area (Å²) in [6.07, 6.45) is 0. The fourth-order valence-electron chi connectivity index (χ4n) is 2.89. The highest BCUT2D eigenvalue weighted by atomic mass is 35.5. The highest BCUT2D eigenvalue weighted by molar-refractivity contribution is 6.30. The smallest absolute Gasteiger partial charge is 0.295 e. The Labute approximate surface area is 171 Å². The largest absolute Gasteiger partial charge is 0.319 e. The summed E-state index contributed by atoms with van der Waals surface area (Å²) in [6.45, 7) is 1.94. The third-order valence-electron chi connectivity index (χ3n) is 4.24. The predicted octanol–water partition coefficient (Wildman–Crippen LogP) is 5.29. The number of hydrogen-bond donors (Lipinski definition) is 1. The number of anilines is 1. The first-order valence-corrected chi connectivity index (χ1v) is 9.24. The molecule has 0 unspecified atom stereocenters. The summed E-state index contributed by atoms with van der Waals surface area (Å²) in [5.74, 6) is -0.394. The molecule has 3 aromatic carbocycles. The number of amides is 1. The molecule has 0 aliphatic rings. The van der Waals surface area contributed by atoms with E-state index in [1.165, 1.54) is 16.8 Å². The van der Waals surface area contributed by atoms with Gasteiger partial charge in [-0.05, 0) is 61.0 Å². The maximum Gasteiger partial charge on any atom is 0.295 e. The highest BCUT2D eigenvalue weighted by Crippen LogP contribution is 2.24. The lowest BCUT2D eigenvalue weighted by molar-refractivity contribution is 0.101. The Morgan fingerprint density at radius 1 is 1.03 bits per heavy atom. The van der Waals surface area contributed by atoms with Crippen LogP contribution in [-0.4, -0.2) is 20.7 Å². The molecule has 0 atom stereocenters. The van der Waals surface area contributed by atoms with Crippen LogP contribution in [0.4, 0.5) is 10.1 Å². The first kappa shape index (κ1) is 18.8. The lowest BCUT2D eigenvalue weighted by Crippen LogP contribution is -2.14. The van der Waals surface area contributed by atoms with Gasteiger partial charge in [0.05, 0.1) is 5.69 Å². The maximum absolute atomic E-state index is 13.4. The van der Waals surface area contributed by atoms with Crippen LogP contribution in [0.1, 0.15) is 16.2 Å². The summed E-state index contributed by atoms with van der Waals surface area (Å²) in [4.78, 5) is 17.2. The lowest BCUT2D eigenvalue weighted by atomic mass is 10.2. The zero-order valence-corrected chi connectivity index (χ0v) is 16.2. The number of hydrogen-bond acceptors (Lipinski definition) is 3. The van der Waals surface area contributed by atoms with Crippen LogP contribution in [0.2, 0.25) is 5.02 Å². The molecule has 7 heteroatoms. The quantitative estimate of drug-likeness (QED) is 0.501. The minimum absolute atomic E-state index is 0.00851. The second-order valence-corrected chi connectivity index (χ2v) is 6.92. The molecule has 0 bridgehead atoms. The zero-order chi connectivity index (χ0) is 20.4. The Bertz CT molecular complexity index is 1190. The van der Waals surface area contributed by atoms with Gasteiger partial charge in [0, 0.05) is 16.3 Å². The van der Waals surface area contributed by atoms with E-state index < -0.39 is 5.91 Å². The van der Waals surface area contributed by atoms with Crippen molar-refractivity contribution in [1.82, 2.24) is 14.8 Å². The highest BCUT2D eigenvalue weighted by Gasteiger charge is 2.19. The minimum Gasteiger partial charge on any atom is -0.319 e. The van der Waals surface area contributed by atoms with Gasteiger partial charge < -0.3 is 5.32 Å². The van der Waals surface area contributed by atoms with Crippen LogP contribution in [0.15, 0.2) is 72.8 Å². The van der Waals surface area contributed by atoms with Crippen molar-refractivity contribution in [2.75, 3.05) is 5.32 Å². The van der Waals surface area contributed by atoms with Gasteiger partial charge in [0.1, 0.15) is 5.82 Å². The average molecular weight is 407 g/mol. The summed E-state index contributed by atoms with van der Waals surface area (Å²) in [5.41, 5.74) is 2.93. The molecule has 1 aromatic heterocycles.